The lowest BCUT2D eigenvalue weighted by Gasteiger charge is -2.17. The normalized spacial score (nSPS) is 12.5. The Bertz CT molecular complexity index is 806. The van der Waals surface area contributed by atoms with Crippen molar-refractivity contribution in [3.63, 3.8) is 0 Å². The average Bonchev–Trinajstić information content (AvgIpc) is 2.95. The van der Waals surface area contributed by atoms with Gasteiger partial charge in [0.2, 0.25) is 0 Å². The Morgan fingerprint density at radius 3 is 2.42 bits per heavy atom. The Kier molecular flexibility index (Phi) is 6.63. The number of thiazole rings is 1. The van der Waals surface area contributed by atoms with Gasteiger partial charge in [0.25, 0.3) is 0 Å². The van der Waals surface area contributed by atoms with Crippen molar-refractivity contribution < 1.29 is 18.0 Å². The molecule has 1 aromatic heterocycles. The summed E-state index contributed by atoms with van der Waals surface area (Å²) < 4.78 is 39.8. The first kappa shape index (κ1) is 20.2. The summed E-state index contributed by atoms with van der Waals surface area (Å²) in [6, 6.07) is 4.49. The molecule has 0 fully saturated rings. The third kappa shape index (κ3) is 4.97. The Morgan fingerprint density at radius 1 is 1.23 bits per heavy atom. The molecule has 2 aromatic rings. The fourth-order valence-electron chi connectivity index (χ4n) is 2.42. The summed E-state index contributed by atoms with van der Waals surface area (Å²) in [6.07, 6.45) is -0.732. The second-order valence-electron chi connectivity index (χ2n) is 5.87. The molecule has 2 amide bonds. The SMILES string of the molecule is CCCCN(CC)C(=O)/N=c1\sc(C)cn1-c1ccc(C(F)(F)F)cc1. The van der Waals surface area contributed by atoms with Crippen LogP contribution in [0.3, 0.4) is 0 Å². The largest absolute Gasteiger partial charge is 0.416 e. The van der Waals surface area contributed by atoms with Gasteiger partial charge < -0.3 is 4.90 Å². The van der Waals surface area contributed by atoms with Crippen molar-refractivity contribution in [2.45, 2.75) is 39.8 Å². The molecule has 142 valence electrons. The van der Waals surface area contributed by atoms with Crippen LogP contribution in [-0.2, 0) is 6.18 Å². The van der Waals surface area contributed by atoms with E-state index in [1.165, 1.54) is 23.5 Å². The molecule has 1 aromatic carbocycles. The first-order valence-corrected chi connectivity index (χ1v) is 9.28. The molecule has 4 nitrogen and oxygen atoms in total. The monoisotopic (exact) mass is 385 g/mol. The van der Waals surface area contributed by atoms with Gasteiger partial charge in [-0.25, -0.2) is 4.79 Å². The number of hydrogen-bond acceptors (Lipinski definition) is 2. The molecule has 0 saturated heterocycles. The van der Waals surface area contributed by atoms with Gasteiger partial charge in [0, 0.05) is 29.9 Å². The van der Waals surface area contributed by atoms with Crippen molar-refractivity contribution in [3.8, 4) is 5.69 Å². The van der Waals surface area contributed by atoms with E-state index in [1.807, 2.05) is 13.8 Å². The molecule has 26 heavy (non-hydrogen) atoms. The van der Waals surface area contributed by atoms with E-state index in [4.69, 9.17) is 0 Å². The van der Waals surface area contributed by atoms with Crippen LogP contribution in [0, 0.1) is 6.92 Å². The molecule has 0 spiro atoms. The number of benzene rings is 1. The number of urea groups is 1. The number of aryl methyl sites for hydroxylation is 1. The lowest BCUT2D eigenvalue weighted by molar-refractivity contribution is -0.137. The Balaban J connectivity index is 2.36. The van der Waals surface area contributed by atoms with Crippen molar-refractivity contribution in [2.75, 3.05) is 13.1 Å². The van der Waals surface area contributed by atoms with Gasteiger partial charge in [0.05, 0.1) is 5.56 Å². The van der Waals surface area contributed by atoms with E-state index >= 15 is 0 Å². The van der Waals surface area contributed by atoms with Crippen LogP contribution in [0.2, 0.25) is 0 Å². The van der Waals surface area contributed by atoms with E-state index in [2.05, 4.69) is 11.9 Å². The molecular weight excluding hydrogens is 363 g/mol. The van der Waals surface area contributed by atoms with Gasteiger partial charge in [-0.2, -0.15) is 18.2 Å². The maximum Gasteiger partial charge on any atom is 0.416 e. The highest BCUT2D eigenvalue weighted by Crippen LogP contribution is 2.29. The molecular formula is C18H22F3N3OS. The molecule has 1 heterocycles. The summed E-state index contributed by atoms with van der Waals surface area (Å²) >= 11 is 1.33. The van der Waals surface area contributed by atoms with Crippen LogP contribution in [0.5, 0.6) is 0 Å². The molecule has 0 aliphatic rings. The van der Waals surface area contributed by atoms with E-state index in [9.17, 15) is 18.0 Å². The zero-order valence-electron chi connectivity index (χ0n) is 15.0. The van der Waals surface area contributed by atoms with Crippen molar-refractivity contribution in [1.82, 2.24) is 9.47 Å². The van der Waals surface area contributed by atoms with Crippen molar-refractivity contribution in [1.29, 1.82) is 0 Å². The zero-order chi connectivity index (χ0) is 19.3. The van der Waals surface area contributed by atoms with Crippen molar-refractivity contribution in [2.24, 2.45) is 4.99 Å². The number of carbonyl (C=O) groups is 1. The maximum absolute atomic E-state index is 12.7. The van der Waals surface area contributed by atoms with Crippen LogP contribution >= 0.6 is 11.3 Å². The van der Waals surface area contributed by atoms with Crippen LogP contribution in [-0.4, -0.2) is 28.6 Å². The molecule has 8 heteroatoms. The number of carbonyl (C=O) groups excluding carboxylic acids is 1. The lowest BCUT2D eigenvalue weighted by atomic mass is 10.2. The maximum atomic E-state index is 12.7. The highest BCUT2D eigenvalue weighted by Gasteiger charge is 2.30. The second kappa shape index (κ2) is 8.53. The number of nitrogens with zero attached hydrogens (tertiary/aromatic N) is 3. The van der Waals surface area contributed by atoms with Crippen LogP contribution in [0.15, 0.2) is 35.5 Å². The van der Waals surface area contributed by atoms with Crippen molar-refractivity contribution >= 4 is 17.4 Å². The minimum Gasteiger partial charge on any atom is -0.323 e. The van der Waals surface area contributed by atoms with E-state index in [1.54, 1.807) is 15.7 Å². The van der Waals surface area contributed by atoms with Crippen LogP contribution in [0.25, 0.3) is 5.69 Å². The van der Waals surface area contributed by atoms with Gasteiger partial charge in [0.15, 0.2) is 4.80 Å². The van der Waals surface area contributed by atoms with Gasteiger partial charge in [-0.3, -0.25) is 4.57 Å². The molecule has 0 atom stereocenters. The van der Waals surface area contributed by atoms with Crippen LogP contribution < -0.4 is 4.80 Å². The van der Waals surface area contributed by atoms with E-state index in [0.717, 1.165) is 29.9 Å². The summed E-state index contributed by atoms with van der Waals surface area (Å²) in [4.78, 5) is 19.6. The third-order valence-electron chi connectivity index (χ3n) is 3.87. The lowest BCUT2D eigenvalue weighted by Crippen LogP contribution is -2.31. The predicted molar refractivity (Wildman–Crippen MR) is 96.5 cm³/mol. The van der Waals surface area contributed by atoms with E-state index < -0.39 is 11.7 Å². The molecule has 0 aliphatic heterocycles. The fourth-order valence-corrected chi connectivity index (χ4v) is 3.25. The number of aromatic nitrogens is 1. The van der Waals surface area contributed by atoms with Crippen molar-refractivity contribution in [3.05, 3.63) is 45.7 Å². The molecule has 0 radical (unpaired) electrons. The van der Waals surface area contributed by atoms with E-state index in [-0.39, 0.29) is 6.03 Å². The standard InChI is InChI=1S/C18H22F3N3OS/c1-4-6-11-23(5-2)16(25)22-17-24(12-13(3)26-17)15-9-7-14(8-10-15)18(19,20)21/h7-10,12H,4-6,11H2,1-3H3/b22-17-. The van der Waals surface area contributed by atoms with Gasteiger partial charge in [-0.15, -0.1) is 11.3 Å². The highest BCUT2D eigenvalue weighted by molar-refractivity contribution is 7.09. The zero-order valence-corrected chi connectivity index (χ0v) is 15.8. The molecule has 2 rings (SSSR count). The number of unbranched alkanes of at least 4 members (excludes halogenated alkanes) is 1. The second-order valence-corrected chi connectivity index (χ2v) is 7.08. The minimum absolute atomic E-state index is 0.330. The number of rotatable bonds is 5. The topological polar surface area (TPSA) is 37.6 Å². The summed E-state index contributed by atoms with van der Waals surface area (Å²) in [5.41, 5.74) is -0.175. The number of amides is 2. The number of alkyl halides is 3. The molecule has 0 bridgehead atoms. The third-order valence-corrected chi connectivity index (χ3v) is 4.77. The quantitative estimate of drug-likeness (QED) is 0.713. The molecule has 0 unspecified atom stereocenters. The Morgan fingerprint density at radius 2 is 1.88 bits per heavy atom. The number of halogens is 3. The summed E-state index contributed by atoms with van der Waals surface area (Å²) in [5, 5.41) is 0. The van der Waals surface area contributed by atoms with Gasteiger partial charge in [-0.1, -0.05) is 13.3 Å². The number of hydrogen-bond donors (Lipinski definition) is 0. The summed E-state index contributed by atoms with van der Waals surface area (Å²) in [5.74, 6) is 0. The predicted octanol–water partition coefficient (Wildman–Crippen LogP) is 5.01. The molecule has 0 saturated carbocycles. The smallest absolute Gasteiger partial charge is 0.323 e. The fraction of sp³-hybridized carbons (Fsp3) is 0.444. The van der Waals surface area contributed by atoms with Crippen LogP contribution in [0.1, 0.15) is 37.1 Å². The first-order valence-electron chi connectivity index (χ1n) is 8.46. The van der Waals surface area contributed by atoms with Gasteiger partial charge in [0.1, 0.15) is 0 Å². The Hall–Kier alpha value is -2.09. The minimum atomic E-state index is -4.38. The molecule has 0 aliphatic carbocycles. The van der Waals surface area contributed by atoms with Crippen LogP contribution in [0.4, 0.5) is 18.0 Å². The van der Waals surface area contributed by atoms with Gasteiger partial charge in [-0.05, 0) is 44.5 Å². The summed E-state index contributed by atoms with van der Waals surface area (Å²) in [7, 11) is 0. The Labute approximate surface area is 154 Å². The molecule has 0 N–H and O–H groups in total. The summed E-state index contributed by atoms with van der Waals surface area (Å²) in [6.45, 7) is 7.01. The van der Waals surface area contributed by atoms with Gasteiger partial charge >= 0.3 is 12.2 Å². The van der Waals surface area contributed by atoms with E-state index in [0.29, 0.717) is 23.6 Å². The first-order chi connectivity index (χ1) is 12.3. The highest BCUT2D eigenvalue weighted by atomic mass is 32.1. The average molecular weight is 385 g/mol.